The van der Waals surface area contributed by atoms with Crippen LogP contribution in [0.15, 0.2) is 47.5 Å². The van der Waals surface area contributed by atoms with Crippen molar-refractivity contribution in [3.8, 4) is 0 Å². The number of nitrogens with zero attached hydrogens (tertiary/aromatic N) is 2. The van der Waals surface area contributed by atoms with E-state index in [0.717, 1.165) is 22.2 Å². The fraction of sp³-hybridized carbons (Fsp3) is 0.176. The Kier molecular flexibility index (Phi) is 3.50. The molecular formula is C17H16N4O3S. The highest BCUT2D eigenvalue weighted by atomic mass is 32.2. The number of hydrogen-bond acceptors (Lipinski definition) is 4. The molecule has 0 fully saturated rings. The van der Waals surface area contributed by atoms with Crippen LogP contribution in [0.3, 0.4) is 0 Å². The zero-order chi connectivity index (χ0) is 17.6. The summed E-state index contributed by atoms with van der Waals surface area (Å²) in [5.41, 5.74) is 2.86. The quantitative estimate of drug-likeness (QED) is 0.752. The van der Waals surface area contributed by atoms with Crippen LogP contribution in [0.25, 0.3) is 10.9 Å². The normalized spacial score (nSPS) is 13.9. The average molecular weight is 356 g/mol. The topological polar surface area (TPSA) is 95.2 Å². The summed E-state index contributed by atoms with van der Waals surface area (Å²) in [6.07, 6.45) is 2.33. The third-order valence-corrected chi connectivity index (χ3v) is 5.71. The maximum absolute atomic E-state index is 12.7. The standard InChI is InChI=1S/C17H16N4O3S/c1-11(22)21-7-6-12-8-15(4-5-17(12)21)25(23,24)20-14-3-2-13-10-18-19-16(13)9-14/h2-5,8-10,20H,6-7H2,1H3,(H,18,19). The molecule has 0 unspecified atom stereocenters. The maximum Gasteiger partial charge on any atom is 0.261 e. The van der Waals surface area contributed by atoms with E-state index in [1.807, 2.05) is 0 Å². The van der Waals surface area contributed by atoms with Gasteiger partial charge in [0.1, 0.15) is 0 Å². The molecule has 128 valence electrons. The summed E-state index contributed by atoms with van der Waals surface area (Å²) in [6.45, 7) is 2.09. The zero-order valence-electron chi connectivity index (χ0n) is 13.5. The predicted molar refractivity (Wildman–Crippen MR) is 95.1 cm³/mol. The van der Waals surface area contributed by atoms with Gasteiger partial charge in [0, 0.05) is 24.5 Å². The van der Waals surface area contributed by atoms with E-state index in [1.165, 1.54) is 13.0 Å². The SMILES string of the molecule is CC(=O)N1CCc2cc(S(=O)(=O)Nc3ccc4cn[nH]c4c3)ccc21. The molecule has 2 N–H and O–H groups in total. The minimum absolute atomic E-state index is 0.0413. The number of aromatic nitrogens is 2. The largest absolute Gasteiger partial charge is 0.312 e. The van der Waals surface area contributed by atoms with Gasteiger partial charge in [-0.25, -0.2) is 8.42 Å². The van der Waals surface area contributed by atoms with Crippen LogP contribution in [0.4, 0.5) is 11.4 Å². The van der Waals surface area contributed by atoms with Crippen molar-refractivity contribution in [2.24, 2.45) is 0 Å². The highest BCUT2D eigenvalue weighted by Crippen LogP contribution is 2.31. The minimum Gasteiger partial charge on any atom is -0.312 e. The van der Waals surface area contributed by atoms with E-state index >= 15 is 0 Å². The number of hydrogen-bond donors (Lipinski definition) is 2. The number of sulfonamides is 1. The Bertz CT molecular complexity index is 1090. The number of nitrogens with one attached hydrogen (secondary N) is 2. The van der Waals surface area contributed by atoms with Gasteiger partial charge in [0.2, 0.25) is 5.91 Å². The second-order valence-corrected chi connectivity index (χ2v) is 7.67. The second kappa shape index (κ2) is 5.59. The molecule has 0 saturated carbocycles. The smallest absolute Gasteiger partial charge is 0.261 e. The van der Waals surface area contributed by atoms with E-state index in [2.05, 4.69) is 14.9 Å². The van der Waals surface area contributed by atoms with Gasteiger partial charge >= 0.3 is 0 Å². The monoisotopic (exact) mass is 356 g/mol. The molecule has 0 atom stereocenters. The van der Waals surface area contributed by atoms with Crippen molar-refractivity contribution in [3.05, 3.63) is 48.2 Å². The summed E-state index contributed by atoms with van der Waals surface area (Å²) in [7, 11) is -3.71. The summed E-state index contributed by atoms with van der Waals surface area (Å²) < 4.78 is 27.9. The Morgan fingerprint density at radius 2 is 2.08 bits per heavy atom. The second-order valence-electron chi connectivity index (χ2n) is 5.99. The molecule has 2 heterocycles. The summed E-state index contributed by atoms with van der Waals surface area (Å²) in [5.74, 6) is -0.0413. The third-order valence-electron chi connectivity index (χ3n) is 4.33. The van der Waals surface area contributed by atoms with Crippen molar-refractivity contribution in [1.82, 2.24) is 10.2 Å². The van der Waals surface area contributed by atoms with Gasteiger partial charge in [-0.3, -0.25) is 14.6 Å². The van der Waals surface area contributed by atoms with E-state index in [-0.39, 0.29) is 10.8 Å². The lowest BCUT2D eigenvalue weighted by Crippen LogP contribution is -2.25. The molecule has 0 aliphatic carbocycles. The molecule has 1 amide bonds. The summed E-state index contributed by atoms with van der Waals surface area (Å²) in [6, 6.07) is 10.0. The molecule has 2 aromatic carbocycles. The molecule has 25 heavy (non-hydrogen) atoms. The Labute approximate surface area is 144 Å². The third kappa shape index (κ3) is 2.74. The summed E-state index contributed by atoms with van der Waals surface area (Å²) in [5, 5.41) is 7.64. The van der Waals surface area contributed by atoms with Gasteiger partial charge in [-0.1, -0.05) is 0 Å². The van der Waals surface area contributed by atoms with Gasteiger partial charge in [0.05, 0.1) is 22.3 Å². The van der Waals surface area contributed by atoms with Crippen molar-refractivity contribution >= 4 is 38.2 Å². The lowest BCUT2D eigenvalue weighted by molar-refractivity contribution is -0.116. The molecule has 0 saturated heterocycles. The number of amides is 1. The average Bonchev–Trinajstić information content (AvgIpc) is 3.19. The molecule has 1 aromatic heterocycles. The molecule has 7 nitrogen and oxygen atoms in total. The minimum atomic E-state index is -3.71. The lowest BCUT2D eigenvalue weighted by atomic mass is 10.2. The van der Waals surface area contributed by atoms with Crippen LogP contribution in [0.2, 0.25) is 0 Å². The van der Waals surface area contributed by atoms with Gasteiger partial charge in [0.25, 0.3) is 10.0 Å². The molecule has 0 radical (unpaired) electrons. The number of H-pyrrole nitrogens is 1. The molecule has 8 heteroatoms. The molecular weight excluding hydrogens is 340 g/mol. The van der Waals surface area contributed by atoms with Crippen molar-refractivity contribution in [2.45, 2.75) is 18.2 Å². The number of carbonyl (C=O) groups excluding carboxylic acids is 1. The van der Waals surface area contributed by atoms with Crippen LogP contribution in [-0.2, 0) is 21.2 Å². The van der Waals surface area contributed by atoms with Crippen molar-refractivity contribution < 1.29 is 13.2 Å². The number of anilines is 2. The Morgan fingerprint density at radius 3 is 2.88 bits per heavy atom. The fourth-order valence-electron chi connectivity index (χ4n) is 3.09. The number of benzene rings is 2. The predicted octanol–water partition coefficient (Wildman–Crippen LogP) is 2.27. The van der Waals surface area contributed by atoms with Gasteiger partial charge in [-0.15, -0.1) is 0 Å². The van der Waals surface area contributed by atoms with Crippen molar-refractivity contribution in [2.75, 3.05) is 16.2 Å². The number of rotatable bonds is 3. The van der Waals surface area contributed by atoms with Gasteiger partial charge in [-0.05, 0) is 48.4 Å². The van der Waals surface area contributed by atoms with E-state index in [0.29, 0.717) is 18.7 Å². The van der Waals surface area contributed by atoms with Crippen LogP contribution >= 0.6 is 0 Å². The van der Waals surface area contributed by atoms with Crippen molar-refractivity contribution in [3.63, 3.8) is 0 Å². The van der Waals surface area contributed by atoms with Crippen LogP contribution in [0, 0.1) is 0 Å². The first-order valence-corrected chi connectivity index (χ1v) is 9.29. The van der Waals surface area contributed by atoms with E-state index in [1.54, 1.807) is 41.4 Å². The number of aromatic amines is 1. The first kappa shape index (κ1) is 15.6. The molecule has 4 rings (SSSR count). The Hall–Kier alpha value is -2.87. The van der Waals surface area contributed by atoms with E-state index in [9.17, 15) is 13.2 Å². The van der Waals surface area contributed by atoms with Crippen molar-refractivity contribution in [1.29, 1.82) is 0 Å². The highest BCUT2D eigenvalue weighted by molar-refractivity contribution is 7.92. The summed E-state index contributed by atoms with van der Waals surface area (Å²) in [4.78, 5) is 13.4. The molecule has 0 spiro atoms. The van der Waals surface area contributed by atoms with Crippen LogP contribution < -0.4 is 9.62 Å². The zero-order valence-corrected chi connectivity index (χ0v) is 14.3. The maximum atomic E-state index is 12.7. The first-order valence-electron chi connectivity index (χ1n) is 7.81. The Morgan fingerprint density at radius 1 is 1.24 bits per heavy atom. The molecule has 1 aliphatic rings. The first-order chi connectivity index (χ1) is 11.9. The van der Waals surface area contributed by atoms with Crippen LogP contribution in [-0.4, -0.2) is 31.1 Å². The van der Waals surface area contributed by atoms with Crippen LogP contribution in [0.1, 0.15) is 12.5 Å². The highest BCUT2D eigenvalue weighted by Gasteiger charge is 2.24. The lowest BCUT2D eigenvalue weighted by Gasteiger charge is -2.15. The molecule has 0 bridgehead atoms. The molecule has 3 aromatic rings. The van der Waals surface area contributed by atoms with Gasteiger partial charge in [0.15, 0.2) is 0 Å². The van der Waals surface area contributed by atoms with Gasteiger partial charge in [-0.2, -0.15) is 5.10 Å². The van der Waals surface area contributed by atoms with E-state index in [4.69, 9.17) is 0 Å². The number of fused-ring (bicyclic) bond motifs is 2. The number of carbonyl (C=O) groups is 1. The fourth-order valence-corrected chi connectivity index (χ4v) is 4.19. The van der Waals surface area contributed by atoms with E-state index < -0.39 is 10.0 Å². The Balaban J connectivity index is 1.65. The summed E-state index contributed by atoms with van der Waals surface area (Å²) >= 11 is 0. The van der Waals surface area contributed by atoms with Crippen LogP contribution in [0.5, 0.6) is 0 Å². The molecule has 1 aliphatic heterocycles. The van der Waals surface area contributed by atoms with Gasteiger partial charge < -0.3 is 4.90 Å².